The molecule has 0 aromatic carbocycles. The summed E-state index contributed by atoms with van der Waals surface area (Å²) in [5.74, 6) is 0. The molecule has 56 valence electrons. The molecule has 0 N–H and O–H groups in total. The summed E-state index contributed by atoms with van der Waals surface area (Å²) < 4.78 is 1.76. The first kappa shape index (κ1) is 7.46. The highest BCUT2D eigenvalue weighted by Gasteiger charge is 2.19. The minimum Gasteiger partial charge on any atom is -0.256 e. The summed E-state index contributed by atoms with van der Waals surface area (Å²) in [6.45, 7) is 6.78. The normalized spacial score (nSPS) is 12.0. The maximum atomic E-state index is 4.06. The van der Waals surface area contributed by atoms with Gasteiger partial charge < -0.3 is 0 Å². The van der Waals surface area contributed by atoms with Crippen molar-refractivity contribution in [3.05, 3.63) is 6.20 Å². The second kappa shape index (κ2) is 2.19. The van der Waals surface area contributed by atoms with Gasteiger partial charge in [-0.05, 0) is 0 Å². The first-order valence-electron chi connectivity index (χ1n) is 3.37. The van der Waals surface area contributed by atoms with E-state index in [4.69, 9.17) is 0 Å². The summed E-state index contributed by atoms with van der Waals surface area (Å²) >= 11 is 0. The first-order chi connectivity index (χ1) is 4.50. The maximum absolute atomic E-state index is 4.06. The summed E-state index contributed by atoms with van der Waals surface area (Å²) in [7, 11) is 0.693. The molecular weight excluding hydrogens is 142 g/mol. The molecule has 0 aliphatic heterocycles. The number of aromatic nitrogens is 3. The highest BCUT2D eigenvalue weighted by Crippen LogP contribution is 1.97. The molecule has 0 radical (unpaired) electrons. The van der Waals surface area contributed by atoms with E-state index in [0.29, 0.717) is 0 Å². The Bertz CT molecular complexity index is 223. The van der Waals surface area contributed by atoms with Crippen molar-refractivity contribution in [1.29, 1.82) is 0 Å². The number of rotatable bonds is 1. The van der Waals surface area contributed by atoms with Crippen LogP contribution in [0.5, 0.6) is 0 Å². The summed E-state index contributed by atoms with van der Waals surface area (Å²) in [4.78, 5) is 0. The SMILES string of the molecule is Cn1cc([Si](C)(C)C)nn1. The predicted octanol–water partition coefficient (Wildman–Crippen LogP) is 0.360. The third-order valence-corrected chi connectivity index (χ3v) is 3.14. The molecule has 0 amide bonds. The number of nitrogens with zero attached hydrogens (tertiary/aromatic N) is 3. The van der Waals surface area contributed by atoms with Crippen LogP contribution in [0.15, 0.2) is 6.20 Å². The molecule has 10 heavy (non-hydrogen) atoms. The lowest BCUT2D eigenvalue weighted by Crippen LogP contribution is -2.38. The molecule has 1 heterocycles. The Hall–Kier alpha value is -0.643. The molecule has 4 heteroatoms. The van der Waals surface area contributed by atoms with Gasteiger partial charge in [-0.25, -0.2) is 0 Å². The first-order valence-corrected chi connectivity index (χ1v) is 6.87. The number of hydrogen-bond acceptors (Lipinski definition) is 2. The molecule has 0 atom stereocenters. The van der Waals surface area contributed by atoms with Crippen molar-refractivity contribution >= 4 is 13.4 Å². The van der Waals surface area contributed by atoms with Crippen LogP contribution in [-0.4, -0.2) is 23.1 Å². The minimum atomic E-state index is -1.21. The van der Waals surface area contributed by atoms with Crippen LogP contribution in [0.25, 0.3) is 0 Å². The van der Waals surface area contributed by atoms with E-state index in [2.05, 4.69) is 30.0 Å². The zero-order valence-corrected chi connectivity index (χ0v) is 7.92. The van der Waals surface area contributed by atoms with Crippen LogP contribution < -0.4 is 5.32 Å². The zero-order valence-electron chi connectivity index (χ0n) is 6.92. The summed E-state index contributed by atoms with van der Waals surface area (Å²) in [6.07, 6.45) is 2.01. The average molecular weight is 155 g/mol. The Balaban J connectivity index is 2.96. The van der Waals surface area contributed by atoms with Gasteiger partial charge in [0.1, 0.15) is 8.07 Å². The molecule has 0 aliphatic rings. The van der Waals surface area contributed by atoms with E-state index in [9.17, 15) is 0 Å². The molecule has 1 aromatic rings. The van der Waals surface area contributed by atoms with Crippen molar-refractivity contribution in [2.24, 2.45) is 7.05 Å². The molecule has 1 rings (SSSR count). The second-order valence-corrected chi connectivity index (χ2v) is 8.54. The topological polar surface area (TPSA) is 30.7 Å². The third-order valence-electron chi connectivity index (χ3n) is 1.37. The molecule has 0 bridgehead atoms. The van der Waals surface area contributed by atoms with Crippen molar-refractivity contribution in [2.45, 2.75) is 19.6 Å². The van der Waals surface area contributed by atoms with E-state index in [-0.39, 0.29) is 0 Å². The molecule has 1 aromatic heterocycles. The Labute approximate surface area is 62.1 Å². The van der Waals surface area contributed by atoms with Crippen LogP contribution in [0.2, 0.25) is 19.6 Å². The van der Waals surface area contributed by atoms with Gasteiger partial charge in [-0.1, -0.05) is 24.9 Å². The fraction of sp³-hybridized carbons (Fsp3) is 0.667. The van der Waals surface area contributed by atoms with Gasteiger partial charge in [0.2, 0.25) is 0 Å². The third kappa shape index (κ3) is 1.44. The van der Waals surface area contributed by atoms with Crippen LogP contribution in [-0.2, 0) is 7.05 Å². The lowest BCUT2D eigenvalue weighted by molar-refractivity contribution is 0.715. The van der Waals surface area contributed by atoms with E-state index < -0.39 is 8.07 Å². The van der Waals surface area contributed by atoms with Gasteiger partial charge in [0.05, 0.1) is 5.32 Å². The smallest absolute Gasteiger partial charge is 0.106 e. The lowest BCUT2D eigenvalue weighted by Gasteiger charge is -2.09. The highest BCUT2D eigenvalue weighted by molar-refractivity contribution is 6.88. The quantitative estimate of drug-likeness (QED) is 0.548. The maximum Gasteiger partial charge on any atom is 0.106 e. The Kier molecular flexibility index (Phi) is 1.64. The summed E-state index contributed by atoms with van der Waals surface area (Å²) in [6, 6.07) is 0. The van der Waals surface area contributed by atoms with Crippen LogP contribution in [0.3, 0.4) is 0 Å². The largest absolute Gasteiger partial charge is 0.256 e. The molecule has 0 fully saturated rings. The van der Waals surface area contributed by atoms with Crippen molar-refractivity contribution in [3.8, 4) is 0 Å². The van der Waals surface area contributed by atoms with E-state index in [1.165, 1.54) is 5.32 Å². The van der Waals surface area contributed by atoms with Crippen molar-refractivity contribution < 1.29 is 0 Å². The van der Waals surface area contributed by atoms with E-state index >= 15 is 0 Å². The van der Waals surface area contributed by atoms with Gasteiger partial charge in [-0.15, -0.1) is 5.10 Å². The van der Waals surface area contributed by atoms with Crippen molar-refractivity contribution in [1.82, 2.24) is 15.0 Å². The average Bonchev–Trinajstić information content (AvgIpc) is 2.11. The standard InChI is InChI=1S/C6H13N3Si/c1-9-5-6(7-8-9)10(2,3)4/h5H,1-4H3. The van der Waals surface area contributed by atoms with Crippen LogP contribution in [0.1, 0.15) is 0 Å². The number of aryl methyl sites for hydroxylation is 1. The van der Waals surface area contributed by atoms with Gasteiger partial charge in [0.25, 0.3) is 0 Å². The lowest BCUT2D eigenvalue weighted by atomic mass is 10.9. The molecule has 0 unspecified atom stereocenters. The Morgan fingerprint density at radius 3 is 2.20 bits per heavy atom. The van der Waals surface area contributed by atoms with E-state index in [0.717, 1.165) is 0 Å². The Morgan fingerprint density at radius 2 is 2.00 bits per heavy atom. The van der Waals surface area contributed by atoms with Gasteiger partial charge >= 0.3 is 0 Å². The van der Waals surface area contributed by atoms with Gasteiger partial charge in [-0.2, -0.15) is 0 Å². The van der Waals surface area contributed by atoms with Gasteiger partial charge in [-0.3, -0.25) is 4.68 Å². The minimum absolute atomic E-state index is 1.18. The molecule has 3 nitrogen and oxygen atoms in total. The van der Waals surface area contributed by atoms with Gasteiger partial charge in [0, 0.05) is 13.2 Å². The predicted molar refractivity (Wildman–Crippen MR) is 44.0 cm³/mol. The fourth-order valence-electron chi connectivity index (χ4n) is 0.691. The zero-order chi connectivity index (χ0) is 7.78. The second-order valence-electron chi connectivity index (χ2n) is 3.53. The van der Waals surface area contributed by atoms with Crippen LogP contribution in [0, 0.1) is 0 Å². The molecule has 0 aliphatic carbocycles. The van der Waals surface area contributed by atoms with E-state index in [1.54, 1.807) is 4.68 Å². The number of hydrogen-bond donors (Lipinski definition) is 0. The Morgan fingerprint density at radius 1 is 1.40 bits per heavy atom. The fourth-order valence-corrected chi connectivity index (χ4v) is 1.61. The molecule has 0 saturated carbocycles. The molecule has 0 saturated heterocycles. The van der Waals surface area contributed by atoms with Crippen LogP contribution >= 0.6 is 0 Å². The van der Waals surface area contributed by atoms with Crippen LogP contribution in [0.4, 0.5) is 0 Å². The summed E-state index contributed by atoms with van der Waals surface area (Å²) in [5, 5.41) is 9.12. The molecular formula is C6H13N3Si. The van der Waals surface area contributed by atoms with E-state index in [1.807, 2.05) is 13.2 Å². The highest BCUT2D eigenvalue weighted by atomic mass is 28.3. The van der Waals surface area contributed by atoms with Crippen molar-refractivity contribution in [3.63, 3.8) is 0 Å². The van der Waals surface area contributed by atoms with Crippen molar-refractivity contribution in [2.75, 3.05) is 0 Å². The summed E-state index contributed by atoms with van der Waals surface area (Å²) in [5.41, 5.74) is 0. The molecule has 0 spiro atoms. The monoisotopic (exact) mass is 155 g/mol. The van der Waals surface area contributed by atoms with Gasteiger partial charge in [0.15, 0.2) is 0 Å².